The summed E-state index contributed by atoms with van der Waals surface area (Å²) in [4.78, 5) is 2.22. The van der Waals surface area contributed by atoms with Crippen LogP contribution >= 0.6 is 0 Å². The highest BCUT2D eigenvalue weighted by molar-refractivity contribution is 5.74. The van der Waals surface area contributed by atoms with Crippen molar-refractivity contribution >= 4 is 5.57 Å². The molecule has 106 valence electrons. The fraction of sp³-hybridized carbons (Fsp3) is 0.412. The lowest BCUT2D eigenvalue weighted by molar-refractivity contribution is 0.133. The zero-order valence-corrected chi connectivity index (χ0v) is 11.7. The highest BCUT2D eigenvalue weighted by atomic mass is 19.1. The van der Waals surface area contributed by atoms with Gasteiger partial charge in [0.1, 0.15) is 6.17 Å². The number of hydrogen-bond donors (Lipinski definition) is 1. The number of benzene rings is 1. The summed E-state index contributed by atoms with van der Waals surface area (Å²) in [5, 5.41) is 3.23. The van der Waals surface area contributed by atoms with Crippen LogP contribution in [0.2, 0.25) is 0 Å². The molecule has 2 heterocycles. The van der Waals surface area contributed by atoms with Crippen LogP contribution in [0.1, 0.15) is 24.0 Å². The van der Waals surface area contributed by atoms with E-state index in [-0.39, 0.29) is 0 Å². The van der Waals surface area contributed by atoms with Crippen LogP contribution < -0.4 is 5.32 Å². The number of piperidine rings is 1. The Bertz CT molecular complexity index is 521. The van der Waals surface area contributed by atoms with Crippen LogP contribution in [0.5, 0.6) is 0 Å². The van der Waals surface area contributed by atoms with E-state index >= 15 is 0 Å². The molecule has 20 heavy (non-hydrogen) atoms. The Labute approximate surface area is 120 Å². The molecule has 0 amide bonds. The maximum atomic E-state index is 13.4. The van der Waals surface area contributed by atoms with Gasteiger partial charge in [-0.15, -0.1) is 0 Å². The third-order valence-corrected chi connectivity index (χ3v) is 3.91. The number of rotatable bonds is 3. The molecule has 3 heteroatoms. The van der Waals surface area contributed by atoms with E-state index in [4.69, 9.17) is 0 Å². The van der Waals surface area contributed by atoms with Gasteiger partial charge in [0.25, 0.3) is 0 Å². The van der Waals surface area contributed by atoms with E-state index in [1.165, 1.54) is 16.7 Å². The summed E-state index contributed by atoms with van der Waals surface area (Å²) in [6.07, 6.45) is 7.37. The molecule has 1 aromatic carbocycles. The second kappa shape index (κ2) is 6.23. The third-order valence-electron chi connectivity index (χ3n) is 3.91. The molecule has 0 bridgehead atoms. The number of nitrogens with zero attached hydrogens (tertiary/aromatic N) is 1. The van der Waals surface area contributed by atoms with E-state index in [9.17, 15) is 4.39 Å². The van der Waals surface area contributed by atoms with Gasteiger partial charge < -0.3 is 5.32 Å². The Morgan fingerprint density at radius 3 is 3.10 bits per heavy atom. The number of halogens is 1. The minimum absolute atomic E-state index is 0.578. The first-order chi connectivity index (χ1) is 9.81. The Balaban J connectivity index is 1.71. The Morgan fingerprint density at radius 2 is 2.30 bits per heavy atom. The number of dihydropyridines is 1. The van der Waals surface area contributed by atoms with Crippen LogP contribution in [0.25, 0.3) is 5.57 Å². The van der Waals surface area contributed by atoms with Gasteiger partial charge in [0.05, 0.1) is 0 Å². The van der Waals surface area contributed by atoms with Gasteiger partial charge in [0.15, 0.2) is 0 Å². The maximum absolute atomic E-state index is 13.4. The first-order valence-electron chi connectivity index (χ1n) is 7.37. The molecule has 1 saturated heterocycles. The quantitative estimate of drug-likeness (QED) is 0.909. The lowest BCUT2D eigenvalue weighted by atomic mass is 10.0. The third kappa shape index (κ3) is 3.28. The fourth-order valence-corrected chi connectivity index (χ4v) is 2.90. The predicted octanol–water partition coefficient (Wildman–Crippen LogP) is 3.12. The Kier molecular flexibility index (Phi) is 4.16. The number of likely N-dealkylation sites (tertiary alicyclic amines) is 1. The van der Waals surface area contributed by atoms with Crippen molar-refractivity contribution in [2.45, 2.75) is 25.6 Å². The summed E-state index contributed by atoms with van der Waals surface area (Å²) in [7, 11) is 0. The highest BCUT2D eigenvalue weighted by Crippen LogP contribution is 2.20. The van der Waals surface area contributed by atoms with Gasteiger partial charge in [0.2, 0.25) is 0 Å². The Morgan fingerprint density at radius 1 is 1.35 bits per heavy atom. The second-order valence-corrected chi connectivity index (χ2v) is 5.59. The molecule has 1 fully saturated rings. The van der Waals surface area contributed by atoms with Crippen molar-refractivity contribution in [1.82, 2.24) is 10.2 Å². The van der Waals surface area contributed by atoms with Crippen LogP contribution in [0.3, 0.4) is 0 Å². The molecule has 2 aliphatic rings. The summed E-state index contributed by atoms with van der Waals surface area (Å²) in [6.45, 7) is 3.33. The summed E-state index contributed by atoms with van der Waals surface area (Å²) < 4.78 is 13.4. The first-order valence-corrected chi connectivity index (χ1v) is 7.37. The monoisotopic (exact) mass is 272 g/mol. The molecule has 0 radical (unpaired) electrons. The molecular weight excluding hydrogens is 251 g/mol. The summed E-state index contributed by atoms with van der Waals surface area (Å²) in [5.74, 6) is 0. The second-order valence-electron chi connectivity index (χ2n) is 5.59. The van der Waals surface area contributed by atoms with Gasteiger partial charge >= 0.3 is 0 Å². The number of hydrogen-bond acceptors (Lipinski definition) is 2. The van der Waals surface area contributed by atoms with E-state index in [0.29, 0.717) is 6.54 Å². The Hall–Kier alpha value is -1.61. The van der Waals surface area contributed by atoms with Gasteiger partial charge in [-0.3, -0.25) is 4.90 Å². The molecule has 3 rings (SSSR count). The van der Waals surface area contributed by atoms with Crippen LogP contribution in [-0.4, -0.2) is 30.7 Å². The van der Waals surface area contributed by atoms with Crippen molar-refractivity contribution in [3.8, 4) is 0 Å². The van der Waals surface area contributed by atoms with E-state index in [0.717, 1.165) is 32.5 Å². The molecule has 2 nitrogen and oxygen atoms in total. The van der Waals surface area contributed by atoms with E-state index in [1.807, 2.05) is 0 Å². The van der Waals surface area contributed by atoms with Crippen molar-refractivity contribution in [3.63, 3.8) is 0 Å². The summed E-state index contributed by atoms with van der Waals surface area (Å²) >= 11 is 0. The van der Waals surface area contributed by atoms with Crippen molar-refractivity contribution < 1.29 is 4.39 Å². The molecule has 0 aliphatic carbocycles. The number of allylic oxidation sites excluding steroid dienone is 2. The SMILES string of the molecule is FC1CCCN(Cc2cccc(C3=CNCC=C3)c2)C1. The first kappa shape index (κ1) is 13.4. The normalized spacial score (nSPS) is 23.2. The average Bonchev–Trinajstić information content (AvgIpc) is 2.48. The van der Waals surface area contributed by atoms with Gasteiger partial charge in [-0.1, -0.05) is 30.4 Å². The van der Waals surface area contributed by atoms with Crippen LogP contribution in [0, 0.1) is 0 Å². The maximum Gasteiger partial charge on any atom is 0.113 e. The minimum atomic E-state index is -0.653. The van der Waals surface area contributed by atoms with Crippen molar-refractivity contribution in [3.05, 3.63) is 53.7 Å². The van der Waals surface area contributed by atoms with Gasteiger partial charge in [-0.2, -0.15) is 0 Å². The molecule has 0 saturated carbocycles. The van der Waals surface area contributed by atoms with E-state index in [2.05, 4.69) is 52.8 Å². The molecular formula is C17H21FN2. The van der Waals surface area contributed by atoms with Gasteiger partial charge in [-0.05, 0) is 42.2 Å². The smallest absolute Gasteiger partial charge is 0.113 e. The molecule has 1 unspecified atom stereocenters. The topological polar surface area (TPSA) is 15.3 Å². The molecule has 1 aromatic rings. The lowest BCUT2D eigenvalue weighted by Crippen LogP contribution is -2.35. The largest absolute Gasteiger partial charge is 0.387 e. The number of alkyl halides is 1. The van der Waals surface area contributed by atoms with Gasteiger partial charge in [-0.25, -0.2) is 4.39 Å². The number of nitrogens with one attached hydrogen (secondary N) is 1. The zero-order valence-electron chi connectivity index (χ0n) is 11.7. The van der Waals surface area contributed by atoms with Crippen molar-refractivity contribution in [2.24, 2.45) is 0 Å². The van der Waals surface area contributed by atoms with Crippen LogP contribution in [0.15, 0.2) is 42.6 Å². The highest BCUT2D eigenvalue weighted by Gasteiger charge is 2.19. The summed E-state index contributed by atoms with van der Waals surface area (Å²) in [5.41, 5.74) is 3.69. The molecule has 0 aromatic heterocycles. The fourth-order valence-electron chi connectivity index (χ4n) is 2.90. The van der Waals surface area contributed by atoms with E-state index in [1.54, 1.807) is 0 Å². The standard InChI is InChI=1S/C17H21FN2/c18-17-7-3-9-20(13-17)12-14-4-1-5-15(10-14)16-6-2-8-19-11-16/h1-2,4-6,10-11,17,19H,3,7-9,12-13H2. The average molecular weight is 272 g/mol. The predicted molar refractivity (Wildman–Crippen MR) is 81.0 cm³/mol. The minimum Gasteiger partial charge on any atom is -0.387 e. The molecule has 1 N–H and O–H groups in total. The van der Waals surface area contributed by atoms with Crippen molar-refractivity contribution in [1.29, 1.82) is 0 Å². The van der Waals surface area contributed by atoms with Gasteiger partial charge in [0, 0.05) is 25.8 Å². The van der Waals surface area contributed by atoms with Crippen molar-refractivity contribution in [2.75, 3.05) is 19.6 Å². The lowest BCUT2D eigenvalue weighted by Gasteiger charge is -2.29. The zero-order chi connectivity index (χ0) is 13.8. The van der Waals surface area contributed by atoms with Crippen LogP contribution in [-0.2, 0) is 6.54 Å². The molecule has 2 aliphatic heterocycles. The molecule has 1 atom stereocenters. The summed E-state index contributed by atoms with van der Waals surface area (Å²) in [6, 6.07) is 8.56. The van der Waals surface area contributed by atoms with E-state index < -0.39 is 6.17 Å². The van der Waals surface area contributed by atoms with Crippen LogP contribution in [0.4, 0.5) is 4.39 Å². The molecule has 0 spiro atoms.